The molecule has 0 saturated heterocycles. The van der Waals surface area contributed by atoms with Gasteiger partial charge in [-0.1, -0.05) is 53.6 Å². The Labute approximate surface area is 177 Å². The molecule has 0 spiro atoms. The van der Waals surface area contributed by atoms with E-state index < -0.39 is 28.4 Å². The molecule has 10 heteroatoms. The number of benzene rings is 3. The molecule has 0 bridgehead atoms. The average Bonchev–Trinajstić information content (AvgIpc) is 3.10. The number of rotatable bonds is 3. The Morgan fingerprint density at radius 1 is 0.710 bits per heavy atom. The molecule has 0 aromatic heterocycles. The molecule has 0 unspecified atom stereocenters. The van der Waals surface area contributed by atoms with Crippen LogP contribution < -0.4 is 0 Å². The Balaban J connectivity index is 0.000000183. The first kappa shape index (κ1) is 23.1. The summed E-state index contributed by atoms with van der Waals surface area (Å²) in [6.07, 6.45) is -8.76. The van der Waals surface area contributed by atoms with E-state index in [0.29, 0.717) is 12.1 Å². The fourth-order valence-electron chi connectivity index (χ4n) is 3.11. The number of hydrogen-bond donors (Lipinski definition) is 1. The molecular formula is C21H14F6O3S. The lowest BCUT2D eigenvalue weighted by molar-refractivity contribution is -0.432. The standard InChI is InChI=1S/C13H10.C8H4F6O3S/c1-3-7-12-10(5-1)9-11-6-2-4-8-13(11)12;9-7(10,11)4-1-5(8(12,13)14)3-6(2-4)18-17-16-15/h1-8H,9H2;1-3,15H. The van der Waals surface area contributed by atoms with Crippen molar-refractivity contribution in [3.63, 3.8) is 0 Å². The minimum atomic E-state index is -4.93. The van der Waals surface area contributed by atoms with Crippen molar-refractivity contribution in [2.75, 3.05) is 0 Å². The van der Waals surface area contributed by atoms with Gasteiger partial charge in [0.1, 0.15) is 0 Å². The van der Waals surface area contributed by atoms with E-state index in [1.165, 1.54) is 22.3 Å². The fraction of sp³-hybridized carbons (Fsp3) is 0.143. The van der Waals surface area contributed by atoms with Gasteiger partial charge in [-0.05, 0) is 46.9 Å². The van der Waals surface area contributed by atoms with Crippen molar-refractivity contribution >= 4 is 12.0 Å². The third-order valence-electron chi connectivity index (χ3n) is 4.43. The molecule has 164 valence electrons. The van der Waals surface area contributed by atoms with Crippen molar-refractivity contribution < 1.29 is 41.0 Å². The molecule has 0 aliphatic heterocycles. The summed E-state index contributed by atoms with van der Waals surface area (Å²) in [5, 5.41) is 10.9. The highest BCUT2D eigenvalue weighted by Gasteiger charge is 2.37. The second-order valence-electron chi connectivity index (χ2n) is 6.46. The van der Waals surface area contributed by atoms with E-state index in [4.69, 9.17) is 5.26 Å². The van der Waals surface area contributed by atoms with E-state index in [1.807, 2.05) is 0 Å². The lowest BCUT2D eigenvalue weighted by Gasteiger charge is -2.13. The third kappa shape index (κ3) is 5.79. The zero-order valence-electron chi connectivity index (χ0n) is 15.5. The van der Waals surface area contributed by atoms with Crippen LogP contribution >= 0.6 is 12.0 Å². The SMILES string of the molecule is OOOSc1cc(C(F)(F)F)cc(C(F)(F)F)c1.c1ccc2c(c1)Cc1ccccc1-2. The molecule has 1 aliphatic carbocycles. The Morgan fingerprint density at radius 2 is 1.16 bits per heavy atom. The highest BCUT2D eigenvalue weighted by Crippen LogP contribution is 2.38. The van der Waals surface area contributed by atoms with Gasteiger partial charge in [-0.15, -0.1) is 4.33 Å². The predicted molar refractivity (Wildman–Crippen MR) is 102 cm³/mol. The Hall–Kier alpha value is -2.53. The molecule has 1 aliphatic rings. The van der Waals surface area contributed by atoms with E-state index >= 15 is 0 Å². The summed E-state index contributed by atoms with van der Waals surface area (Å²) >= 11 is 0.00875. The van der Waals surface area contributed by atoms with E-state index in [2.05, 4.69) is 57.9 Å². The first-order chi connectivity index (χ1) is 14.6. The number of fused-ring (bicyclic) bond motifs is 3. The van der Waals surface area contributed by atoms with Gasteiger partial charge in [0.2, 0.25) is 0 Å². The minimum absolute atomic E-state index is 0.00875. The lowest BCUT2D eigenvalue weighted by Crippen LogP contribution is -2.10. The normalized spacial score (nSPS) is 12.6. The van der Waals surface area contributed by atoms with Gasteiger partial charge in [0.25, 0.3) is 0 Å². The second kappa shape index (κ2) is 9.31. The van der Waals surface area contributed by atoms with Crippen LogP contribution in [0.3, 0.4) is 0 Å². The molecular weight excluding hydrogens is 446 g/mol. The van der Waals surface area contributed by atoms with Crippen molar-refractivity contribution in [2.24, 2.45) is 0 Å². The van der Waals surface area contributed by atoms with Gasteiger partial charge >= 0.3 is 12.4 Å². The van der Waals surface area contributed by atoms with Gasteiger partial charge in [-0.2, -0.15) is 26.3 Å². The monoisotopic (exact) mass is 460 g/mol. The maximum absolute atomic E-state index is 12.4. The van der Waals surface area contributed by atoms with Crippen molar-refractivity contribution in [1.29, 1.82) is 0 Å². The predicted octanol–water partition coefficient (Wildman–Crippen LogP) is 7.41. The van der Waals surface area contributed by atoms with E-state index in [-0.39, 0.29) is 18.1 Å². The largest absolute Gasteiger partial charge is 0.416 e. The Kier molecular flexibility index (Phi) is 6.95. The molecule has 0 radical (unpaired) electrons. The minimum Gasteiger partial charge on any atom is -0.220 e. The van der Waals surface area contributed by atoms with Crippen LogP contribution in [0.4, 0.5) is 26.3 Å². The zero-order chi connectivity index (χ0) is 22.6. The molecule has 3 aromatic rings. The van der Waals surface area contributed by atoms with Crippen LogP contribution in [0.1, 0.15) is 22.3 Å². The Bertz CT molecular complexity index is 974. The molecule has 0 saturated carbocycles. The fourth-order valence-corrected chi connectivity index (χ4v) is 3.57. The Morgan fingerprint density at radius 3 is 1.58 bits per heavy atom. The first-order valence-corrected chi connectivity index (χ1v) is 9.44. The van der Waals surface area contributed by atoms with Crippen molar-refractivity contribution in [3.8, 4) is 11.1 Å². The zero-order valence-corrected chi connectivity index (χ0v) is 16.3. The molecule has 1 N–H and O–H groups in total. The van der Waals surface area contributed by atoms with Crippen LogP contribution in [-0.2, 0) is 28.1 Å². The lowest BCUT2D eigenvalue weighted by atomic mass is 10.1. The molecule has 4 rings (SSSR count). The molecule has 0 amide bonds. The van der Waals surface area contributed by atoms with Crippen molar-refractivity contribution in [3.05, 3.63) is 89.0 Å². The molecule has 31 heavy (non-hydrogen) atoms. The van der Waals surface area contributed by atoms with Gasteiger partial charge in [0, 0.05) is 4.90 Å². The average molecular weight is 460 g/mol. The van der Waals surface area contributed by atoms with E-state index in [0.717, 1.165) is 6.42 Å². The maximum Gasteiger partial charge on any atom is 0.416 e. The third-order valence-corrected chi connectivity index (χ3v) is 4.98. The second-order valence-corrected chi connectivity index (χ2v) is 7.23. The highest BCUT2D eigenvalue weighted by atomic mass is 32.2. The maximum atomic E-state index is 12.4. The molecule has 0 fully saturated rings. The summed E-state index contributed by atoms with van der Waals surface area (Å²) in [5.41, 5.74) is 2.78. The smallest absolute Gasteiger partial charge is 0.220 e. The van der Waals surface area contributed by atoms with Gasteiger partial charge in [0.15, 0.2) is 0 Å². The van der Waals surface area contributed by atoms with Crippen LogP contribution in [0.5, 0.6) is 0 Å². The summed E-state index contributed by atoms with van der Waals surface area (Å²) < 4.78 is 78.0. The van der Waals surface area contributed by atoms with Crippen molar-refractivity contribution in [1.82, 2.24) is 0 Å². The molecule has 0 atom stereocenters. The highest BCUT2D eigenvalue weighted by molar-refractivity contribution is 7.94. The molecule has 3 aromatic carbocycles. The molecule has 0 heterocycles. The molecule has 3 nitrogen and oxygen atoms in total. The van der Waals surface area contributed by atoms with Gasteiger partial charge in [-0.3, -0.25) is 0 Å². The van der Waals surface area contributed by atoms with E-state index in [1.54, 1.807) is 0 Å². The summed E-state index contributed by atoms with van der Waals surface area (Å²) in [5.74, 6) is 0. The van der Waals surface area contributed by atoms with Gasteiger partial charge in [0.05, 0.1) is 23.2 Å². The summed E-state index contributed by atoms with van der Waals surface area (Å²) in [7, 11) is 0. The van der Waals surface area contributed by atoms with Crippen LogP contribution in [0.15, 0.2) is 71.6 Å². The van der Waals surface area contributed by atoms with E-state index in [9.17, 15) is 26.3 Å². The van der Waals surface area contributed by atoms with Crippen molar-refractivity contribution in [2.45, 2.75) is 23.7 Å². The van der Waals surface area contributed by atoms with Gasteiger partial charge < -0.3 is 0 Å². The summed E-state index contributed by atoms with van der Waals surface area (Å²) in [6, 6.07) is 18.1. The summed E-state index contributed by atoms with van der Waals surface area (Å²) in [4.78, 5) is -0.522. The van der Waals surface area contributed by atoms with Crippen LogP contribution in [0.25, 0.3) is 11.1 Å². The van der Waals surface area contributed by atoms with Crippen LogP contribution in [-0.4, -0.2) is 5.26 Å². The van der Waals surface area contributed by atoms with Gasteiger partial charge in [-0.25, -0.2) is 5.26 Å². The quantitative estimate of drug-likeness (QED) is 0.150. The van der Waals surface area contributed by atoms with Crippen LogP contribution in [0, 0.1) is 0 Å². The van der Waals surface area contributed by atoms with Crippen LogP contribution in [0.2, 0.25) is 0 Å². The first-order valence-electron chi connectivity index (χ1n) is 8.70. The number of alkyl halides is 6. The number of hydrogen-bond acceptors (Lipinski definition) is 4. The topological polar surface area (TPSA) is 38.7 Å². The number of halogens is 6. The summed E-state index contributed by atoms with van der Waals surface area (Å²) in [6.45, 7) is 0.